The third kappa shape index (κ3) is 3.59. The summed E-state index contributed by atoms with van der Waals surface area (Å²) in [4.78, 5) is 21.8. The Balaban J connectivity index is 2.07. The number of rotatable bonds is 5. The minimum Gasteiger partial charge on any atom is -0.454 e. The van der Waals surface area contributed by atoms with Crippen molar-refractivity contribution in [1.29, 1.82) is 0 Å². The molecule has 2 aromatic heterocycles. The van der Waals surface area contributed by atoms with Crippen LogP contribution in [0, 0.1) is 6.92 Å². The lowest BCUT2D eigenvalue weighted by Gasteiger charge is -2.09. The van der Waals surface area contributed by atoms with Crippen LogP contribution in [0.15, 0.2) is 22.7 Å². The summed E-state index contributed by atoms with van der Waals surface area (Å²) in [5, 5.41) is 3.23. The number of amides is 1. The van der Waals surface area contributed by atoms with E-state index in [0.717, 1.165) is 23.6 Å². The normalized spacial score (nSPS) is 10.5. The van der Waals surface area contributed by atoms with Gasteiger partial charge >= 0.3 is 0 Å². The predicted molar refractivity (Wildman–Crippen MR) is 80.2 cm³/mol. The standard InChI is InChI=1S/C15H20N4O2/c1-5-11-8-16-10(2)18-14(11)17-9-12-6-7-13(21-12)15(20)19(3)4/h6-8H,5,9H2,1-4H3,(H,16,17,18). The Morgan fingerprint density at radius 1 is 1.38 bits per heavy atom. The zero-order valence-corrected chi connectivity index (χ0v) is 12.8. The lowest BCUT2D eigenvalue weighted by Crippen LogP contribution is -2.20. The molecule has 6 heteroatoms. The van der Waals surface area contributed by atoms with E-state index in [1.165, 1.54) is 4.90 Å². The van der Waals surface area contributed by atoms with Gasteiger partial charge in [-0.15, -0.1) is 0 Å². The molecule has 0 aromatic carbocycles. The highest BCUT2D eigenvalue weighted by atomic mass is 16.4. The fourth-order valence-corrected chi connectivity index (χ4v) is 1.89. The smallest absolute Gasteiger partial charge is 0.289 e. The lowest BCUT2D eigenvalue weighted by molar-refractivity contribution is 0.0795. The zero-order valence-electron chi connectivity index (χ0n) is 12.8. The fraction of sp³-hybridized carbons (Fsp3) is 0.400. The highest BCUT2D eigenvalue weighted by Gasteiger charge is 2.13. The van der Waals surface area contributed by atoms with Crippen LogP contribution in [0.2, 0.25) is 0 Å². The Kier molecular flexibility index (Phi) is 4.57. The second-order valence-electron chi connectivity index (χ2n) is 4.96. The lowest BCUT2D eigenvalue weighted by atomic mass is 10.2. The summed E-state index contributed by atoms with van der Waals surface area (Å²) in [6.07, 6.45) is 2.68. The predicted octanol–water partition coefficient (Wildman–Crippen LogP) is 2.25. The fourth-order valence-electron chi connectivity index (χ4n) is 1.89. The number of nitrogens with zero attached hydrogens (tertiary/aromatic N) is 3. The largest absolute Gasteiger partial charge is 0.454 e. The first kappa shape index (κ1) is 15.0. The first-order valence-electron chi connectivity index (χ1n) is 6.88. The van der Waals surface area contributed by atoms with Gasteiger partial charge in [0, 0.05) is 25.9 Å². The summed E-state index contributed by atoms with van der Waals surface area (Å²) in [5.41, 5.74) is 1.05. The van der Waals surface area contributed by atoms with Gasteiger partial charge in [0.1, 0.15) is 17.4 Å². The first-order chi connectivity index (χ1) is 10.0. The minimum atomic E-state index is -0.145. The number of furan rings is 1. The van der Waals surface area contributed by atoms with E-state index in [1.807, 2.05) is 13.1 Å². The molecule has 21 heavy (non-hydrogen) atoms. The number of hydrogen-bond acceptors (Lipinski definition) is 5. The van der Waals surface area contributed by atoms with Crippen molar-refractivity contribution in [2.75, 3.05) is 19.4 Å². The molecule has 0 aliphatic rings. The quantitative estimate of drug-likeness (QED) is 0.913. The van der Waals surface area contributed by atoms with E-state index in [4.69, 9.17) is 4.42 Å². The number of anilines is 1. The second kappa shape index (κ2) is 6.39. The minimum absolute atomic E-state index is 0.145. The van der Waals surface area contributed by atoms with Crippen LogP contribution in [-0.2, 0) is 13.0 Å². The average Bonchev–Trinajstić information content (AvgIpc) is 2.93. The summed E-state index contributed by atoms with van der Waals surface area (Å²) in [7, 11) is 3.39. The highest BCUT2D eigenvalue weighted by molar-refractivity contribution is 5.91. The summed E-state index contributed by atoms with van der Waals surface area (Å²) in [5.74, 6) is 2.41. The van der Waals surface area contributed by atoms with Crippen molar-refractivity contribution in [2.45, 2.75) is 26.8 Å². The van der Waals surface area contributed by atoms with Crippen LogP contribution in [0.4, 0.5) is 5.82 Å². The Labute approximate surface area is 124 Å². The number of carbonyl (C=O) groups excluding carboxylic acids is 1. The van der Waals surface area contributed by atoms with Gasteiger partial charge < -0.3 is 14.6 Å². The van der Waals surface area contributed by atoms with Crippen LogP contribution >= 0.6 is 0 Å². The van der Waals surface area contributed by atoms with Crippen LogP contribution in [0.1, 0.15) is 34.6 Å². The van der Waals surface area contributed by atoms with Gasteiger partial charge in [0.2, 0.25) is 0 Å². The van der Waals surface area contributed by atoms with Crippen molar-refractivity contribution in [1.82, 2.24) is 14.9 Å². The molecule has 112 valence electrons. The maximum absolute atomic E-state index is 11.8. The molecule has 2 aromatic rings. The molecule has 0 radical (unpaired) electrons. The van der Waals surface area contributed by atoms with Crippen LogP contribution in [0.3, 0.4) is 0 Å². The van der Waals surface area contributed by atoms with Gasteiger partial charge in [0.05, 0.1) is 6.54 Å². The maximum atomic E-state index is 11.8. The Bertz CT molecular complexity index is 634. The number of nitrogens with one attached hydrogen (secondary N) is 1. The molecular formula is C15H20N4O2. The van der Waals surface area contributed by atoms with Gasteiger partial charge in [-0.1, -0.05) is 6.92 Å². The van der Waals surface area contributed by atoms with E-state index >= 15 is 0 Å². The van der Waals surface area contributed by atoms with Gasteiger partial charge in [0.15, 0.2) is 5.76 Å². The molecule has 0 atom stereocenters. The number of carbonyl (C=O) groups is 1. The molecule has 6 nitrogen and oxygen atoms in total. The van der Waals surface area contributed by atoms with Crippen molar-refractivity contribution in [3.05, 3.63) is 41.2 Å². The molecule has 0 unspecified atom stereocenters. The van der Waals surface area contributed by atoms with Gasteiger partial charge in [-0.2, -0.15) is 0 Å². The second-order valence-corrected chi connectivity index (χ2v) is 4.96. The Morgan fingerprint density at radius 2 is 2.14 bits per heavy atom. The molecule has 0 bridgehead atoms. The van der Waals surface area contributed by atoms with Crippen molar-refractivity contribution >= 4 is 11.7 Å². The zero-order chi connectivity index (χ0) is 15.4. The van der Waals surface area contributed by atoms with Crippen molar-refractivity contribution in [3.63, 3.8) is 0 Å². The molecule has 2 rings (SSSR count). The molecule has 0 fully saturated rings. The molecular weight excluding hydrogens is 268 g/mol. The van der Waals surface area contributed by atoms with Gasteiger partial charge in [-0.05, 0) is 25.5 Å². The maximum Gasteiger partial charge on any atom is 0.289 e. The monoisotopic (exact) mass is 288 g/mol. The van der Waals surface area contributed by atoms with Crippen molar-refractivity contribution < 1.29 is 9.21 Å². The Hall–Kier alpha value is -2.37. The number of aryl methyl sites for hydroxylation is 2. The number of aromatic nitrogens is 2. The molecule has 0 aliphatic carbocycles. The molecule has 0 saturated heterocycles. The van der Waals surface area contributed by atoms with Crippen molar-refractivity contribution in [2.24, 2.45) is 0 Å². The molecule has 0 spiro atoms. The van der Waals surface area contributed by atoms with Gasteiger partial charge in [-0.3, -0.25) is 4.79 Å². The topological polar surface area (TPSA) is 71.3 Å². The van der Waals surface area contributed by atoms with Gasteiger partial charge in [0.25, 0.3) is 5.91 Å². The van der Waals surface area contributed by atoms with E-state index in [9.17, 15) is 4.79 Å². The molecule has 1 amide bonds. The SMILES string of the molecule is CCc1cnc(C)nc1NCc1ccc(C(=O)N(C)C)o1. The van der Waals surface area contributed by atoms with E-state index in [2.05, 4.69) is 22.2 Å². The molecule has 2 heterocycles. The van der Waals surface area contributed by atoms with E-state index < -0.39 is 0 Å². The summed E-state index contributed by atoms with van der Waals surface area (Å²) in [6, 6.07) is 3.48. The third-order valence-corrected chi connectivity index (χ3v) is 3.07. The van der Waals surface area contributed by atoms with Gasteiger partial charge in [-0.25, -0.2) is 9.97 Å². The van der Waals surface area contributed by atoms with E-state index in [0.29, 0.717) is 18.1 Å². The van der Waals surface area contributed by atoms with Crippen LogP contribution in [0.5, 0.6) is 0 Å². The van der Waals surface area contributed by atoms with E-state index in [-0.39, 0.29) is 5.91 Å². The van der Waals surface area contributed by atoms with Crippen LogP contribution in [-0.4, -0.2) is 34.9 Å². The summed E-state index contributed by atoms with van der Waals surface area (Å²) >= 11 is 0. The molecule has 1 N–H and O–H groups in total. The Morgan fingerprint density at radius 3 is 2.81 bits per heavy atom. The van der Waals surface area contributed by atoms with Crippen LogP contribution in [0.25, 0.3) is 0 Å². The third-order valence-electron chi connectivity index (χ3n) is 3.07. The summed E-state index contributed by atoms with van der Waals surface area (Å²) < 4.78 is 5.54. The van der Waals surface area contributed by atoms with E-state index in [1.54, 1.807) is 26.2 Å². The highest BCUT2D eigenvalue weighted by Crippen LogP contribution is 2.15. The first-order valence-corrected chi connectivity index (χ1v) is 6.88. The average molecular weight is 288 g/mol. The molecule has 0 saturated carbocycles. The van der Waals surface area contributed by atoms with Crippen molar-refractivity contribution in [3.8, 4) is 0 Å². The number of hydrogen-bond donors (Lipinski definition) is 1. The summed E-state index contributed by atoms with van der Waals surface area (Å²) in [6.45, 7) is 4.38. The van der Waals surface area contributed by atoms with Crippen LogP contribution < -0.4 is 5.32 Å². The molecule has 0 aliphatic heterocycles.